The number of methoxy groups -OCH3 is 3. The SMILES string of the molecule is CCOC(=O)C#CC(O)c1cc(OC)c(OC)c(OC)c1[N+](=O)[O-]. The first-order valence-electron chi connectivity index (χ1n) is 6.74. The zero-order valence-corrected chi connectivity index (χ0v) is 13.6. The van der Waals surface area contributed by atoms with Gasteiger partial charge in [0.2, 0.25) is 11.5 Å². The predicted octanol–water partition coefficient (Wildman–Crippen LogP) is 1.22. The molecule has 0 aliphatic heterocycles. The van der Waals surface area contributed by atoms with E-state index in [9.17, 15) is 20.0 Å². The second kappa shape index (κ2) is 8.59. The number of nitrogens with zero attached hydrogens (tertiary/aromatic N) is 1. The van der Waals surface area contributed by atoms with Crippen LogP contribution in [0.2, 0.25) is 0 Å². The number of aliphatic hydroxyl groups excluding tert-OH is 1. The maximum absolute atomic E-state index is 11.4. The quantitative estimate of drug-likeness (QED) is 0.270. The summed E-state index contributed by atoms with van der Waals surface area (Å²) in [5, 5.41) is 21.5. The minimum atomic E-state index is -1.64. The van der Waals surface area contributed by atoms with Gasteiger partial charge in [-0.25, -0.2) is 4.79 Å². The average molecular weight is 339 g/mol. The van der Waals surface area contributed by atoms with Crippen LogP contribution in [0.5, 0.6) is 17.2 Å². The zero-order chi connectivity index (χ0) is 18.3. The van der Waals surface area contributed by atoms with Gasteiger partial charge in [0, 0.05) is 5.92 Å². The van der Waals surface area contributed by atoms with Crippen molar-refractivity contribution in [1.29, 1.82) is 0 Å². The van der Waals surface area contributed by atoms with Gasteiger partial charge in [-0.15, -0.1) is 0 Å². The van der Waals surface area contributed by atoms with Crippen LogP contribution >= 0.6 is 0 Å². The van der Waals surface area contributed by atoms with Gasteiger partial charge in [-0.3, -0.25) is 10.1 Å². The van der Waals surface area contributed by atoms with Gasteiger partial charge >= 0.3 is 11.7 Å². The Morgan fingerprint density at radius 2 is 1.92 bits per heavy atom. The number of carbonyl (C=O) groups excluding carboxylic acids is 1. The van der Waals surface area contributed by atoms with E-state index < -0.39 is 22.7 Å². The molecular weight excluding hydrogens is 322 g/mol. The Labute approximate surface area is 138 Å². The third kappa shape index (κ3) is 4.05. The van der Waals surface area contributed by atoms with Crippen molar-refractivity contribution in [2.24, 2.45) is 0 Å². The van der Waals surface area contributed by atoms with Gasteiger partial charge in [-0.1, -0.05) is 5.92 Å². The molecule has 0 amide bonds. The molecule has 9 heteroatoms. The summed E-state index contributed by atoms with van der Waals surface area (Å²) in [4.78, 5) is 21.9. The highest BCUT2D eigenvalue weighted by atomic mass is 16.6. The lowest BCUT2D eigenvalue weighted by atomic mass is 10.0. The van der Waals surface area contributed by atoms with Gasteiger partial charge in [0.25, 0.3) is 0 Å². The second-order valence-corrected chi connectivity index (χ2v) is 4.23. The van der Waals surface area contributed by atoms with Crippen molar-refractivity contribution in [1.82, 2.24) is 0 Å². The summed E-state index contributed by atoms with van der Waals surface area (Å²) >= 11 is 0. The number of nitro groups is 1. The van der Waals surface area contributed by atoms with Crippen LogP contribution in [0.3, 0.4) is 0 Å². The molecule has 130 valence electrons. The Balaban J connectivity index is 3.51. The first-order chi connectivity index (χ1) is 11.4. The monoisotopic (exact) mass is 339 g/mol. The fourth-order valence-corrected chi connectivity index (χ4v) is 1.93. The largest absolute Gasteiger partial charge is 0.493 e. The van der Waals surface area contributed by atoms with Gasteiger partial charge in [-0.05, 0) is 13.0 Å². The molecule has 0 radical (unpaired) electrons. The first-order valence-corrected chi connectivity index (χ1v) is 6.74. The van der Waals surface area contributed by atoms with Gasteiger partial charge in [0.15, 0.2) is 5.75 Å². The number of ether oxygens (including phenoxy) is 4. The Morgan fingerprint density at radius 1 is 1.29 bits per heavy atom. The van der Waals surface area contributed by atoms with Crippen LogP contribution in [0.1, 0.15) is 18.6 Å². The van der Waals surface area contributed by atoms with Crippen LogP contribution < -0.4 is 14.2 Å². The molecule has 0 spiro atoms. The molecule has 1 atom stereocenters. The Bertz CT molecular complexity index is 689. The predicted molar refractivity (Wildman–Crippen MR) is 82.1 cm³/mol. The molecule has 1 rings (SSSR count). The van der Waals surface area contributed by atoms with E-state index in [1.807, 2.05) is 0 Å². The molecular formula is C15H17NO8. The average Bonchev–Trinajstić information content (AvgIpc) is 2.57. The van der Waals surface area contributed by atoms with Crippen LogP contribution in [0.4, 0.5) is 5.69 Å². The van der Waals surface area contributed by atoms with Crippen LogP contribution in [-0.4, -0.2) is 43.9 Å². The molecule has 9 nitrogen and oxygen atoms in total. The molecule has 1 aromatic rings. The lowest BCUT2D eigenvalue weighted by Gasteiger charge is -2.15. The maximum atomic E-state index is 11.4. The van der Waals surface area contributed by atoms with Crippen LogP contribution in [0.25, 0.3) is 0 Å². The van der Waals surface area contributed by atoms with Crippen molar-refractivity contribution >= 4 is 11.7 Å². The molecule has 1 unspecified atom stereocenters. The van der Waals surface area contributed by atoms with Crippen molar-refractivity contribution in [2.75, 3.05) is 27.9 Å². The number of hydrogen-bond acceptors (Lipinski definition) is 8. The molecule has 0 aromatic heterocycles. The van der Waals surface area contributed by atoms with Gasteiger partial charge < -0.3 is 24.1 Å². The molecule has 24 heavy (non-hydrogen) atoms. The number of rotatable bonds is 6. The zero-order valence-electron chi connectivity index (χ0n) is 13.6. The first kappa shape index (κ1) is 19.1. The fourth-order valence-electron chi connectivity index (χ4n) is 1.93. The van der Waals surface area contributed by atoms with Crippen molar-refractivity contribution in [3.8, 4) is 29.1 Å². The van der Waals surface area contributed by atoms with Crippen molar-refractivity contribution in [3.05, 3.63) is 21.7 Å². The lowest BCUT2D eigenvalue weighted by molar-refractivity contribution is -0.387. The minimum Gasteiger partial charge on any atom is -0.493 e. The Kier molecular flexibility index (Phi) is 6.82. The number of esters is 1. The molecule has 0 bridgehead atoms. The summed E-state index contributed by atoms with van der Waals surface area (Å²) in [6.45, 7) is 1.72. The number of nitro benzene ring substituents is 1. The van der Waals surface area contributed by atoms with E-state index in [1.165, 1.54) is 27.4 Å². The van der Waals surface area contributed by atoms with E-state index in [-0.39, 0.29) is 29.4 Å². The number of aliphatic hydroxyl groups is 1. The maximum Gasteiger partial charge on any atom is 0.384 e. The molecule has 0 fully saturated rings. The summed E-state index contributed by atoms with van der Waals surface area (Å²) in [5.41, 5.74) is -0.743. The van der Waals surface area contributed by atoms with Crippen molar-refractivity contribution < 1.29 is 33.8 Å². The molecule has 0 aliphatic rings. The van der Waals surface area contributed by atoms with Gasteiger partial charge in [0.1, 0.15) is 6.10 Å². The molecule has 0 saturated carbocycles. The highest BCUT2D eigenvalue weighted by molar-refractivity contribution is 5.88. The summed E-state index contributed by atoms with van der Waals surface area (Å²) < 4.78 is 19.8. The van der Waals surface area contributed by atoms with E-state index >= 15 is 0 Å². The summed E-state index contributed by atoms with van der Waals surface area (Å²) in [6, 6.07) is 1.20. The summed E-state index contributed by atoms with van der Waals surface area (Å²) in [7, 11) is 3.83. The topological polar surface area (TPSA) is 117 Å². The number of benzene rings is 1. The van der Waals surface area contributed by atoms with E-state index in [0.717, 1.165) is 0 Å². The minimum absolute atomic E-state index is 0.000928. The van der Waals surface area contributed by atoms with E-state index in [0.29, 0.717) is 0 Å². The highest BCUT2D eigenvalue weighted by Crippen LogP contribution is 2.47. The standard InChI is InChI=1S/C15H17NO8/c1-5-24-12(18)7-6-10(17)9-8-11(21-2)14(22-3)15(23-4)13(9)16(19)20/h8,10,17H,5H2,1-4H3. The van der Waals surface area contributed by atoms with E-state index in [4.69, 9.17) is 14.2 Å². The number of hydrogen-bond donors (Lipinski definition) is 1. The third-order valence-electron chi connectivity index (χ3n) is 2.90. The van der Waals surface area contributed by atoms with E-state index in [2.05, 4.69) is 16.6 Å². The van der Waals surface area contributed by atoms with Gasteiger partial charge in [-0.2, -0.15) is 0 Å². The van der Waals surface area contributed by atoms with Gasteiger partial charge in [0.05, 0.1) is 38.4 Å². The van der Waals surface area contributed by atoms with E-state index in [1.54, 1.807) is 6.92 Å². The normalized spacial score (nSPS) is 10.9. The number of carbonyl (C=O) groups is 1. The lowest BCUT2D eigenvalue weighted by Crippen LogP contribution is -2.07. The Hall–Kier alpha value is -2.99. The third-order valence-corrected chi connectivity index (χ3v) is 2.90. The summed E-state index contributed by atoms with van der Waals surface area (Å²) in [6.07, 6.45) is -1.64. The Morgan fingerprint density at radius 3 is 2.38 bits per heavy atom. The summed E-state index contributed by atoms with van der Waals surface area (Å²) in [5.74, 6) is 3.27. The van der Waals surface area contributed by atoms with Crippen molar-refractivity contribution in [3.63, 3.8) is 0 Å². The van der Waals surface area contributed by atoms with Crippen LogP contribution in [-0.2, 0) is 9.53 Å². The molecule has 0 saturated heterocycles. The van der Waals surface area contributed by atoms with Crippen LogP contribution in [0.15, 0.2) is 6.07 Å². The molecule has 0 aliphatic carbocycles. The molecule has 1 aromatic carbocycles. The highest BCUT2D eigenvalue weighted by Gasteiger charge is 2.31. The smallest absolute Gasteiger partial charge is 0.384 e. The van der Waals surface area contributed by atoms with Crippen molar-refractivity contribution in [2.45, 2.75) is 13.0 Å². The molecule has 1 N–H and O–H groups in total. The fraction of sp³-hybridized carbons (Fsp3) is 0.400. The van der Waals surface area contributed by atoms with Crippen LogP contribution in [0, 0.1) is 22.0 Å². The molecule has 0 heterocycles. The second-order valence-electron chi connectivity index (χ2n) is 4.23.